The predicted molar refractivity (Wildman–Crippen MR) is 64.0 cm³/mol. The van der Waals surface area contributed by atoms with Crippen LogP contribution in [0.2, 0.25) is 0 Å². The van der Waals surface area contributed by atoms with E-state index in [4.69, 9.17) is 0 Å². The zero-order valence-corrected chi connectivity index (χ0v) is 9.54. The van der Waals surface area contributed by atoms with Crippen LogP contribution in [0.5, 0.6) is 0 Å². The molecule has 3 nitrogen and oxygen atoms in total. The fourth-order valence-electron chi connectivity index (χ4n) is 1.84. The molecule has 90 valence electrons. The highest BCUT2D eigenvalue weighted by Gasteiger charge is 2.11. The average molecular weight is 245 g/mol. The number of imidazole rings is 1. The fraction of sp³-hybridized carbons (Fsp3) is 0.0769. The molecule has 0 fully saturated rings. The van der Waals surface area contributed by atoms with Crippen LogP contribution < -0.4 is 0 Å². The lowest BCUT2D eigenvalue weighted by Gasteiger charge is -1.96. The van der Waals surface area contributed by atoms with E-state index in [9.17, 15) is 8.78 Å². The van der Waals surface area contributed by atoms with Crippen LogP contribution >= 0.6 is 0 Å². The molecule has 0 saturated carbocycles. The molecule has 2 heterocycles. The molecule has 3 aromatic rings. The molecule has 0 radical (unpaired) electrons. The molecule has 0 amide bonds. The molecule has 2 aromatic heterocycles. The highest BCUT2D eigenvalue weighted by atomic mass is 19.1. The minimum atomic E-state index is -0.680. The van der Waals surface area contributed by atoms with E-state index in [1.165, 1.54) is 6.07 Å². The van der Waals surface area contributed by atoms with Gasteiger partial charge in [-0.2, -0.15) is 0 Å². The highest BCUT2D eigenvalue weighted by molar-refractivity contribution is 5.79. The van der Waals surface area contributed by atoms with Gasteiger partial charge in [0, 0.05) is 11.8 Å². The second-order valence-electron chi connectivity index (χ2n) is 4.03. The summed E-state index contributed by atoms with van der Waals surface area (Å²) in [6, 6.07) is 7.48. The normalized spacial score (nSPS) is 11.1. The molecule has 0 bridgehead atoms. The molecule has 0 aliphatic rings. The maximum atomic E-state index is 13.5. The van der Waals surface area contributed by atoms with Gasteiger partial charge in [0.15, 0.2) is 11.6 Å². The van der Waals surface area contributed by atoms with E-state index in [1.54, 1.807) is 6.07 Å². The number of nitrogens with one attached hydrogen (secondary N) is 1. The van der Waals surface area contributed by atoms with Crippen LogP contribution in [0.15, 0.2) is 30.3 Å². The monoisotopic (exact) mass is 245 g/mol. The molecule has 18 heavy (non-hydrogen) atoms. The number of aromatic amines is 1. The van der Waals surface area contributed by atoms with Gasteiger partial charge < -0.3 is 4.98 Å². The minimum absolute atomic E-state index is 0.120. The Balaban J connectivity index is 2.22. The molecule has 0 spiro atoms. The maximum absolute atomic E-state index is 13.5. The topological polar surface area (TPSA) is 41.6 Å². The van der Waals surface area contributed by atoms with E-state index < -0.39 is 11.6 Å². The Labute approximate surface area is 102 Å². The van der Waals surface area contributed by atoms with Crippen LogP contribution in [0.1, 0.15) is 5.69 Å². The molecule has 0 aliphatic carbocycles. The van der Waals surface area contributed by atoms with Crippen LogP contribution in [0, 0.1) is 18.6 Å². The molecule has 1 aromatic carbocycles. The molecule has 0 atom stereocenters. The Bertz CT molecular complexity index is 734. The predicted octanol–water partition coefficient (Wildman–Crippen LogP) is 3.21. The number of benzene rings is 1. The molecular formula is C13H9F2N3. The first kappa shape index (κ1) is 10.8. The van der Waals surface area contributed by atoms with Gasteiger partial charge in [0.2, 0.25) is 0 Å². The largest absolute Gasteiger partial charge is 0.336 e. The minimum Gasteiger partial charge on any atom is -0.336 e. The SMILES string of the molecule is Cc1cccc(-c2nc3c(F)cc(F)cc3[nH]2)n1. The Hall–Kier alpha value is -2.30. The molecule has 5 heteroatoms. The summed E-state index contributed by atoms with van der Waals surface area (Å²) in [6.45, 7) is 1.85. The number of H-pyrrole nitrogens is 1. The first-order chi connectivity index (χ1) is 8.63. The molecule has 3 rings (SSSR count). The zero-order valence-electron chi connectivity index (χ0n) is 9.54. The van der Waals surface area contributed by atoms with Crippen molar-refractivity contribution in [1.82, 2.24) is 15.0 Å². The number of pyridine rings is 1. The lowest BCUT2D eigenvalue weighted by molar-refractivity contribution is 0.591. The van der Waals surface area contributed by atoms with Crippen LogP contribution in [0.25, 0.3) is 22.6 Å². The van der Waals surface area contributed by atoms with Gasteiger partial charge in [0.25, 0.3) is 0 Å². The number of halogens is 2. The molecule has 0 unspecified atom stereocenters. The zero-order chi connectivity index (χ0) is 12.7. The molecule has 0 aliphatic heterocycles. The highest BCUT2D eigenvalue weighted by Crippen LogP contribution is 2.22. The van der Waals surface area contributed by atoms with Crippen molar-refractivity contribution in [3.05, 3.63) is 47.7 Å². The van der Waals surface area contributed by atoms with Crippen LogP contribution in [0.4, 0.5) is 8.78 Å². The van der Waals surface area contributed by atoms with E-state index in [0.29, 0.717) is 17.0 Å². The van der Waals surface area contributed by atoms with Crippen molar-refractivity contribution in [1.29, 1.82) is 0 Å². The Morgan fingerprint density at radius 3 is 2.72 bits per heavy atom. The number of nitrogens with zero attached hydrogens (tertiary/aromatic N) is 2. The van der Waals surface area contributed by atoms with Crippen molar-refractivity contribution >= 4 is 11.0 Å². The van der Waals surface area contributed by atoms with Crippen molar-refractivity contribution < 1.29 is 8.78 Å². The molecule has 0 saturated heterocycles. The van der Waals surface area contributed by atoms with Crippen LogP contribution in [0.3, 0.4) is 0 Å². The van der Waals surface area contributed by atoms with Gasteiger partial charge in [-0.05, 0) is 25.1 Å². The third-order valence-corrected chi connectivity index (χ3v) is 2.64. The third kappa shape index (κ3) is 1.73. The Morgan fingerprint density at radius 1 is 1.11 bits per heavy atom. The summed E-state index contributed by atoms with van der Waals surface area (Å²) < 4.78 is 26.6. The number of aromatic nitrogens is 3. The van der Waals surface area contributed by atoms with Crippen molar-refractivity contribution in [3.63, 3.8) is 0 Å². The van der Waals surface area contributed by atoms with E-state index >= 15 is 0 Å². The number of aryl methyl sites for hydroxylation is 1. The number of fused-ring (bicyclic) bond motifs is 1. The van der Waals surface area contributed by atoms with Crippen molar-refractivity contribution in [2.75, 3.05) is 0 Å². The van der Waals surface area contributed by atoms with Gasteiger partial charge in [0.1, 0.15) is 17.0 Å². The summed E-state index contributed by atoms with van der Waals surface area (Å²) in [4.78, 5) is 11.3. The summed E-state index contributed by atoms with van der Waals surface area (Å²) in [6.07, 6.45) is 0. The summed E-state index contributed by atoms with van der Waals surface area (Å²) in [7, 11) is 0. The van der Waals surface area contributed by atoms with Gasteiger partial charge in [-0.1, -0.05) is 6.07 Å². The standard InChI is InChI=1S/C13H9F2N3/c1-7-3-2-4-10(16-7)13-17-11-6-8(14)5-9(15)12(11)18-13/h2-6H,1H3,(H,17,18). The number of rotatable bonds is 1. The van der Waals surface area contributed by atoms with Gasteiger partial charge in [-0.25, -0.2) is 18.7 Å². The maximum Gasteiger partial charge on any atom is 0.157 e. The number of hydrogen-bond acceptors (Lipinski definition) is 2. The lowest BCUT2D eigenvalue weighted by atomic mass is 10.3. The summed E-state index contributed by atoms with van der Waals surface area (Å²) in [5.41, 5.74) is 1.88. The first-order valence-electron chi connectivity index (χ1n) is 5.42. The van der Waals surface area contributed by atoms with Gasteiger partial charge in [-0.15, -0.1) is 0 Å². The average Bonchev–Trinajstić information content (AvgIpc) is 2.73. The molecular weight excluding hydrogens is 236 g/mol. The smallest absolute Gasteiger partial charge is 0.157 e. The first-order valence-corrected chi connectivity index (χ1v) is 5.42. The van der Waals surface area contributed by atoms with Gasteiger partial charge in [-0.3, -0.25) is 0 Å². The fourth-order valence-corrected chi connectivity index (χ4v) is 1.84. The van der Waals surface area contributed by atoms with Gasteiger partial charge >= 0.3 is 0 Å². The van der Waals surface area contributed by atoms with E-state index in [1.807, 2.05) is 19.1 Å². The van der Waals surface area contributed by atoms with Gasteiger partial charge in [0.05, 0.1) is 5.52 Å². The van der Waals surface area contributed by atoms with E-state index in [0.717, 1.165) is 11.8 Å². The van der Waals surface area contributed by atoms with Crippen LogP contribution in [-0.2, 0) is 0 Å². The number of hydrogen-bond donors (Lipinski definition) is 1. The summed E-state index contributed by atoms with van der Waals surface area (Å²) >= 11 is 0. The Morgan fingerprint density at radius 2 is 1.94 bits per heavy atom. The van der Waals surface area contributed by atoms with E-state index in [-0.39, 0.29) is 5.52 Å². The summed E-state index contributed by atoms with van der Waals surface area (Å²) in [5.74, 6) is -0.884. The van der Waals surface area contributed by atoms with Crippen molar-refractivity contribution in [2.45, 2.75) is 6.92 Å². The van der Waals surface area contributed by atoms with E-state index in [2.05, 4.69) is 15.0 Å². The Kier molecular flexibility index (Phi) is 2.33. The third-order valence-electron chi connectivity index (χ3n) is 2.64. The second-order valence-corrected chi connectivity index (χ2v) is 4.03. The van der Waals surface area contributed by atoms with Crippen molar-refractivity contribution in [2.24, 2.45) is 0 Å². The second kappa shape index (κ2) is 3.87. The molecule has 1 N–H and O–H groups in total. The van der Waals surface area contributed by atoms with Crippen LogP contribution in [-0.4, -0.2) is 15.0 Å². The summed E-state index contributed by atoms with van der Waals surface area (Å²) in [5, 5.41) is 0. The quantitative estimate of drug-likeness (QED) is 0.715. The lowest BCUT2D eigenvalue weighted by Crippen LogP contribution is -1.87. The van der Waals surface area contributed by atoms with Crippen molar-refractivity contribution in [3.8, 4) is 11.5 Å².